The minimum atomic E-state index is 0. The number of hydrogen-bond donors (Lipinski definition) is 1. The van der Waals surface area contributed by atoms with E-state index in [4.69, 9.17) is 22.1 Å². The Morgan fingerprint density at radius 3 is 2.84 bits per heavy atom. The van der Waals surface area contributed by atoms with Crippen LogP contribution in [-0.4, -0.2) is 53.6 Å². The van der Waals surface area contributed by atoms with Crippen LogP contribution in [0.2, 0.25) is 5.02 Å². The number of morpholine rings is 1. The Labute approximate surface area is 131 Å². The van der Waals surface area contributed by atoms with Crippen LogP contribution in [0, 0.1) is 0 Å². The number of halogens is 3. The third-order valence-corrected chi connectivity index (χ3v) is 3.15. The van der Waals surface area contributed by atoms with Gasteiger partial charge in [0.2, 0.25) is 0 Å². The number of aromatic nitrogens is 2. The molecule has 0 bridgehead atoms. The van der Waals surface area contributed by atoms with Gasteiger partial charge in [-0.2, -0.15) is 5.10 Å². The third-order valence-electron chi connectivity index (χ3n) is 2.96. The van der Waals surface area contributed by atoms with Gasteiger partial charge in [0.15, 0.2) is 0 Å². The van der Waals surface area contributed by atoms with Gasteiger partial charge in [-0.15, -0.1) is 24.8 Å². The summed E-state index contributed by atoms with van der Waals surface area (Å²) >= 11 is 5.82. The van der Waals surface area contributed by atoms with E-state index in [1.165, 1.54) is 0 Å². The average Bonchev–Trinajstić information content (AvgIpc) is 2.74. The first-order valence-electron chi connectivity index (χ1n) is 6.00. The van der Waals surface area contributed by atoms with Gasteiger partial charge in [0.25, 0.3) is 0 Å². The van der Waals surface area contributed by atoms with E-state index >= 15 is 0 Å². The molecule has 1 fully saturated rings. The van der Waals surface area contributed by atoms with Crippen LogP contribution < -0.4 is 5.73 Å². The number of hydrogen-bond acceptors (Lipinski definition) is 4. The molecular formula is C11H21Cl3N4O. The maximum absolute atomic E-state index is 5.82. The van der Waals surface area contributed by atoms with E-state index in [1.807, 2.05) is 10.9 Å². The highest BCUT2D eigenvalue weighted by molar-refractivity contribution is 6.30. The molecule has 1 atom stereocenters. The average molecular weight is 332 g/mol. The van der Waals surface area contributed by atoms with Crippen molar-refractivity contribution in [3.05, 3.63) is 17.4 Å². The summed E-state index contributed by atoms with van der Waals surface area (Å²) in [5.74, 6) is 0. The number of rotatable bonds is 5. The minimum absolute atomic E-state index is 0. The van der Waals surface area contributed by atoms with E-state index in [-0.39, 0.29) is 30.9 Å². The zero-order chi connectivity index (χ0) is 12.1. The molecule has 0 spiro atoms. The molecule has 19 heavy (non-hydrogen) atoms. The largest absolute Gasteiger partial charge is 0.376 e. The fourth-order valence-electron chi connectivity index (χ4n) is 2.05. The molecule has 0 aliphatic carbocycles. The van der Waals surface area contributed by atoms with Crippen molar-refractivity contribution in [2.24, 2.45) is 5.73 Å². The lowest BCUT2D eigenvalue weighted by atomic mass is 10.2. The lowest BCUT2D eigenvalue weighted by molar-refractivity contribution is -0.0317. The molecule has 5 nitrogen and oxygen atoms in total. The van der Waals surface area contributed by atoms with Crippen LogP contribution >= 0.6 is 36.4 Å². The maximum atomic E-state index is 5.82. The molecule has 1 unspecified atom stereocenters. The van der Waals surface area contributed by atoms with Crippen LogP contribution in [0.25, 0.3) is 0 Å². The lowest BCUT2D eigenvalue weighted by Gasteiger charge is -2.32. The standard InChI is InChI=1S/C11H19ClN4O.2ClH/c12-10-7-14-16(8-10)4-3-15-5-6-17-11(9-15)1-2-13;;/h7-8,11H,1-6,9,13H2;2*1H. The summed E-state index contributed by atoms with van der Waals surface area (Å²) < 4.78 is 7.51. The molecule has 0 saturated carbocycles. The van der Waals surface area contributed by atoms with Gasteiger partial charge in [0.05, 0.1) is 30.5 Å². The van der Waals surface area contributed by atoms with E-state index in [1.54, 1.807) is 6.20 Å². The van der Waals surface area contributed by atoms with Crippen molar-refractivity contribution in [3.8, 4) is 0 Å². The second-order valence-electron chi connectivity index (χ2n) is 4.29. The summed E-state index contributed by atoms with van der Waals surface area (Å²) in [6.45, 7) is 5.27. The SMILES string of the molecule is Cl.Cl.NCCC1CN(CCn2cc(Cl)cn2)CCO1. The third kappa shape index (κ3) is 6.29. The molecule has 1 saturated heterocycles. The summed E-state index contributed by atoms with van der Waals surface area (Å²) in [6.07, 6.45) is 4.73. The molecule has 2 rings (SSSR count). The van der Waals surface area contributed by atoms with Crippen LogP contribution in [0.1, 0.15) is 6.42 Å². The molecule has 0 aromatic carbocycles. The Balaban J connectivity index is 0.00000162. The Morgan fingerprint density at radius 1 is 1.42 bits per heavy atom. The predicted octanol–water partition coefficient (Wildman–Crippen LogP) is 1.43. The molecule has 1 aromatic rings. The smallest absolute Gasteiger partial charge is 0.0785 e. The van der Waals surface area contributed by atoms with Crippen LogP contribution in [0.4, 0.5) is 0 Å². The summed E-state index contributed by atoms with van der Waals surface area (Å²) in [5.41, 5.74) is 5.55. The Bertz CT molecular complexity index is 348. The molecule has 2 heterocycles. The van der Waals surface area contributed by atoms with Crippen molar-refractivity contribution in [3.63, 3.8) is 0 Å². The first-order chi connectivity index (χ1) is 8.28. The number of nitrogens with zero attached hydrogens (tertiary/aromatic N) is 3. The maximum Gasteiger partial charge on any atom is 0.0785 e. The van der Waals surface area contributed by atoms with Crippen molar-refractivity contribution >= 4 is 36.4 Å². The van der Waals surface area contributed by atoms with E-state index in [9.17, 15) is 0 Å². The highest BCUT2D eigenvalue weighted by Crippen LogP contribution is 2.09. The molecule has 1 aliphatic heterocycles. The molecular weight excluding hydrogens is 311 g/mol. The van der Waals surface area contributed by atoms with Crippen molar-refractivity contribution < 1.29 is 4.74 Å². The van der Waals surface area contributed by atoms with Crippen LogP contribution in [0.3, 0.4) is 0 Å². The van der Waals surface area contributed by atoms with Gasteiger partial charge in [0, 0.05) is 25.8 Å². The molecule has 112 valence electrons. The fourth-order valence-corrected chi connectivity index (χ4v) is 2.20. The molecule has 1 aromatic heterocycles. The summed E-state index contributed by atoms with van der Waals surface area (Å²) in [7, 11) is 0. The fraction of sp³-hybridized carbons (Fsp3) is 0.727. The van der Waals surface area contributed by atoms with Gasteiger partial charge in [0.1, 0.15) is 0 Å². The monoisotopic (exact) mass is 330 g/mol. The molecule has 2 N–H and O–H groups in total. The summed E-state index contributed by atoms with van der Waals surface area (Å²) in [4.78, 5) is 2.39. The van der Waals surface area contributed by atoms with E-state index < -0.39 is 0 Å². The van der Waals surface area contributed by atoms with E-state index in [0.717, 1.165) is 39.2 Å². The van der Waals surface area contributed by atoms with Crippen molar-refractivity contribution in [1.82, 2.24) is 14.7 Å². The van der Waals surface area contributed by atoms with Gasteiger partial charge in [-0.25, -0.2) is 0 Å². The van der Waals surface area contributed by atoms with Gasteiger partial charge in [-0.05, 0) is 13.0 Å². The van der Waals surface area contributed by atoms with Crippen LogP contribution in [-0.2, 0) is 11.3 Å². The zero-order valence-electron chi connectivity index (χ0n) is 10.7. The highest BCUT2D eigenvalue weighted by Gasteiger charge is 2.19. The number of ether oxygens (including phenoxy) is 1. The summed E-state index contributed by atoms with van der Waals surface area (Å²) in [6, 6.07) is 0. The zero-order valence-corrected chi connectivity index (χ0v) is 13.1. The second-order valence-corrected chi connectivity index (χ2v) is 4.73. The molecule has 0 amide bonds. The van der Waals surface area contributed by atoms with Gasteiger partial charge >= 0.3 is 0 Å². The Hall–Kier alpha value is -0.0400. The highest BCUT2D eigenvalue weighted by atomic mass is 35.5. The molecule has 1 aliphatic rings. The van der Waals surface area contributed by atoms with Crippen LogP contribution in [0.5, 0.6) is 0 Å². The van der Waals surface area contributed by atoms with E-state index in [2.05, 4.69) is 10.00 Å². The Morgan fingerprint density at radius 2 is 2.21 bits per heavy atom. The van der Waals surface area contributed by atoms with Gasteiger partial charge in [-0.3, -0.25) is 9.58 Å². The Kier molecular flexibility index (Phi) is 9.78. The van der Waals surface area contributed by atoms with Crippen molar-refractivity contribution in [1.29, 1.82) is 0 Å². The van der Waals surface area contributed by atoms with Gasteiger partial charge in [-0.1, -0.05) is 11.6 Å². The first-order valence-corrected chi connectivity index (χ1v) is 6.37. The van der Waals surface area contributed by atoms with Crippen LogP contribution in [0.15, 0.2) is 12.4 Å². The normalized spacial score (nSPS) is 19.6. The predicted molar refractivity (Wildman–Crippen MR) is 81.6 cm³/mol. The molecule has 8 heteroatoms. The molecule has 0 radical (unpaired) electrons. The number of nitrogens with two attached hydrogens (primary N) is 1. The van der Waals surface area contributed by atoms with Crippen molar-refractivity contribution in [2.45, 2.75) is 19.1 Å². The second kappa shape index (κ2) is 9.80. The topological polar surface area (TPSA) is 56.3 Å². The lowest BCUT2D eigenvalue weighted by Crippen LogP contribution is -2.44. The quantitative estimate of drug-likeness (QED) is 0.887. The van der Waals surface area contributed by atoms with Gasteiger partial charge < -0.3 is 10.5 Å². The van der Waals surface area contributed by atoms with E-state index in [0.29, 0.717) is 11.6 Å². The minimum Gasteiger partial charge on any atom is -0.376 e. The first kappa shape index (κ1) is 19.0. The summed E-state index contributed by atoms with van der Waals surface area (Å²) in [5, 5.41) is 4.85. The van der Waals surface area contributed by atoms with Crippen molar-refractivity contribution in [2.75, 3.05) is 32.8 Å².